The van der Waals surface area contributed by atoms with Crippen LogP contribution in [0.25, 0.3) is 0 Å². The normalized spacial score (nSPS) is 27.6. The first-order chi connectivity index (χ1) is 14.3. The molecule has 0 saturated heterocycles. The third-order valence-corrected chi connectivity index (χ3v) is 5.57. The third-order valence-electron chi connectivity index (χ3n) is 5.57. The van der Waals surface area contributed by atoms with Crippen molar-refractivity contribution >= 4 is 17.6 Å². The maximum atomic E-state index is 12.4. The fourth-order valence-electron chi connectivity index (χ4n) is 4.24. The predicted molar refractivity (Wildman–Crippen MR) is 109 cm³/mol. The molecule has 3 rings (SSSR count). The number of carbonyl (C=O) groups is 2. The number of methoxy groups -OCH3 is 1. The van der Waals surface area contributed by atoms with Crippen LogP contribution in [0, 0.1) is 0 Å². The molecule has 1 saturated carbocycles. The number of hydrogen-bond acceptors (Lipinski definition) is 8. The Bertz CT molecular complexity index is 822. The molecule has 1 N–H and O–H groups in total. The van der Waals surface area contributed by atoms with E-state index in [0.717, 1.165) is 36.2 Å². The molecular weight excluding hydrogens is 390 g/mol. The van der Waals surface area contributed by atoms with Crippen LogP contribution in [0.15, 0.2) is 30.4 Å². The predicted octanol–water partition coefficient (Wildman–Crippen LogP) is 2.33. The molecule has 1 fully saturated rings. The second-order valence-electron chi connectivity index (χ2n) is 7.90. The van der Waals surface area contributed by atoms with Crippen LogP contribution in [0.2, 0.25) is 0 Å². The summed E-state index contributed by atoms with van der Waals surface area (Å²) >= 11 is 0. The Kier molecular flexibility index (Phi) is 6.67. The van der Waals surface area contributed by atoms with Gasteiger partial charge >= 0.3 is 11.9 Å². The highest BCUT2D eigenvalue weighted by Crippen LogP contribution is 2.45. The molecule has 2 unspecified atom stereocenters. The monoisotopic (exact) mass is 419 g/mol. The van der Waals surface area contributed by atoms with E-state index in [1.165, 1.54) is 0 Å². The maximum Gasteiger partial charge on any atom is 0.333 e. The Labute approximate surface area is 176 Å². The Morgan fingerprint density at radius 2 is 1.77 bits per heavy atom. The second kappa shape index (κ2) is 9.06. The highest BCUT2D eigenvalue weighted by molar-refractivity contribution is 5.92. The number of fused-ring (bicyclic) bond motifs is 1. The quantitative estimate of drug-likeness (QED) is 0.555. The van der Waals surface area contributed by atoms with Crippen molar-refractivity contribution in [2.24, 2.45) is 0 Å². The summed E-state index contributed by atoms with van der Waals surface area (Å²) in [5, 5.41) is 11.5. The lowest BCUT2D eigenvalue weighted by molar-refractivity contribution is -0.291. The Morgan fingerprint density at radius 1 is 1.07 bits per heavy atom. The first-order valence-electron chi connectivity index (χ1n) is 10.1. The van der Waals surface area contributed by atoms with Gasteiger partial charge in [0.05, 0.1) is 5.69 Å². The SMILES string of the molecule is COCOc1cccc(CC23CCCCCC2(O)OC(=O)/C=C\C(=O)O3)c1N(C)C. The molecule has 2 aliphatic rings. The highest BCUT2D eigenvalue weighted by Gasteiger charge is 2.57. The number of para-hydroxylation sites is 1. The molecule has 164 valence electrons. The molecule has 1 heterocycles. The van der Waals surface area contributed by atoms with E-state index in [4.69, 9.17) is 18.9 Å². The number of hydrogen-bond donors (Lipinski definition) is 1. The molecule has 8 heteroatoms. The number of esters is 2. The van der Waals surface area contributed by atoms with Crippen LogP contribution in [0.1, 0.15) is 37.7 Å². The number of anilines is 1. The van der Waals surface area contributed by atoms with Crippen molar-refractivity contribution in [2.45, 2.75) is 49.9 Å². The first kappa shape index (κ1) is 22.1. The van der Waals surface area contributed by atoms with Gasteiger partial charge in [-0.3, -0.25) is 0 Å². The van der Waals surface area contributed by atoms with E-state index >= 15 is 0 Å². The lowest BCUT2D eigenvalue weighted by Gasteiger charge is -2.45. The summed E-state index contributed by atoms with van der Waals surface area (Å²) in [4.78, 5) is 26.5. The summed E-state index contributed by atoms with van der Waals surface area (Å²) in [7, 11) is 5.30. The van der Waals surface area contributed by atoms with Crippen LogP contribution in [-0.2, 0) is 30.2 Å². The van der Waals surface area contributed by atoms with Gasteiger partial charge in [-0.1, -0.05) is 18.6 Å². The molecule has 0 aromatic heterocycles. The lowest BCUT2D eigenvalue weighted by atomic mass is 9.81. The number of benzene rings is 1. The largest absolute Gasteiger partial charge is 0.465 e. The summed E-state index contributed by atoms with van der Waals surface area (Å²) in [5.74, 6) is -2.76. The summed E-state index contributed by atoms with van der Waals surface area (Å²) in [5.41, 5.74) is 0.156. The van der Waals surface area contributed by atoms with Crippen LogP contribution < -0.4 is 9.64 Å². The van der Waals surface area contributed by atoms with E-state index in [0.29, 0.717) is 18.6 Å². The fourth-order valence-corrected chi connectivity index (χ4v) is 4.24. The lowest BCUT2D eigenvalue weighted by Crippen LogP contribution is -2.60. The molecule has 0 amide bonds. The standard InChI is InChI=1S/C22H29NO7/c1-23(2)20-16(8-7-9-17(20)28-15-27-3)14-21-12-5-4-6-13-22(21,26)30-19(25)11-10-18(24)29-21/h7-11,26H,4-6,12-15H2,1-3H3/b11-10-. The zero-order valence-electron chi connectivity index (χ0n) is 17.7. The minimum absolute atomic E-state index is 0.0801. The molecule has 0 radical (unpaired) electrons. The van der Waals surface area contributed by atoms with Crippen LogP contribution in [-0.4, -0.2) is 56.4 Å². The van der Waals surface area contributed by atoms with Crippen LogP contribution in [0.5, 0.6) is 5.75 Å². The Balaban J connectivity index is 2.09. The van der Waals surface area contributed by atoms with Crippen molar-refractivity contribution in [1.29, 1.82) is 0 Å². The van der Waals surface area contributed by atoms with Crippen LogP contribution in [0.3, 0.4) is 0 Å². The molecule has 8 nitrogen and oxygen atoms in total. The van der Waals surface area contributed by atoms with Crippen molar-refractivity contribution in [3.8, 4) is 5.75 Å². The fraction of sp³-hybridized carbons (Fsp3) is 0.545. The summed E-state index contributed by atoms with van der Waals surface area (Å²) in [6, 6.07) is 5.54. The number of carbonyl (C=O) groups excluding carboxylic acids is 2. The van der Waals surface area contributed by atoms with Crippen molar-refractivity contribution in [3.63, 3.8) is 0 Å². The summed E-state index contributed by atoms with van der Waals surface area (Å²) in [6.45, 7) is 0.0801. The van der Waals surface area contributed by atoms with Gasteiger partial charge < -0.3 is 29.0 Å². The average Bonchev–Trinajstić information content (AvgIpc) is 2.83. The molecular formula is C22H29NO7. The first-order valence-corrected chi connectivity index (χ1v) is 10.1. The Morgan fingerprint density at radius 3 is 2.47 bits per heavy atom. The maximum absolute atomic E-state index is 12.4. The van der Waals surface area contributed by atoms with Crippen molar-refractivity contribution in [3.05, 3.63) is 35.9 Å². The minimum atomic E-state index is -1.92. The van der Waals surface area contributed by atoms with Gasteiger partial charge in [0, 0.05) is 46.2 Å². The van der Waals surface area contributed by atoms with E-state index in [1.54, 1.807) is 7.11 Å². The molecule has 1 aliphatic heterocycles. The number of nitrogens with zero attached hydrogens (tertiary/aromatic N) is 1. The second-order valence-corrected chi connectivity index (χ2v) is 7.90. The molecule has 2 atom stereocenters. The topological polar surface area (TPSA) is 94.5 Å². The zero-order chi connectivity index (χ0) is 21.8. The van der Waals surface area contributed by atoms with E-state index in [9.17, 15) is 14.7 Å². The van der Waals surface area contributed by atoms with Crippen LogP contribution >= 0.6 is 0 Å². The van der Waals surface area contributed by atoms with E-state index in [2.05, 4.69) is 0 Å². The molecule has 0 spiro atoms. The van der Waals surface area contributed by atoms with Gasteiger partial charge in [-0.05, 0) is 30.9 Å². The minimum Gasteiger partial charge on any atom is -0.465 e. The number of aliphatic hydroxyl groups is 1. The van der Waals surface area contributed by atoms with Gasteiger partial charge in [0.1, 0.15) is 5.75 Å². The van der Waals surface area contributed by atoms with Crippen molar-refractivity contribution < 1.29 is 33.6 Å². The summed E-state index contributed by atoms with van der Waals surface area (Å²) < 4.78 is 22.0. The molecule has 1 aromatic rings. The Hall–Kier alpha value is -2.58. The molecule has 30 heavy (non-hydrogen) atoms. The third kappa shape index (κ3) is 4.44. The van der Waals surface area contributed by atoms with Crippen molar-refractivity contribution in [2.75, 3.05) is 32.9 Å². The van der Waals surface area contributed by atoms with Crippen LogP contribution in [0.4, 0.5) is 5.69 Å². The number of ether oxygens (including phenoxy) is 4. The highest BCUT2D eigenvalue weighted by atomic mass is 16.7. The van der Waals surface area contributed by atoms with Gasteiger partial charge in [0.25, 0.3) is 5.79 Å². The summed E-state index contributed by atoms with van der Waals surface area (Å²) in [6.07, 6.45) is 4.97. The van der Waals surface area contributed by atoms with Gasteiger partial charge in [0.15, 0.2) is 12.4 Å². The van der Waals surface area contributed by atoms with E-state index in [-0.39, 0.29) is 19.6 Å². The van der Waals surface area contributed by atoms with Gasteiger partial charge in [-0.15, -0.1) is 0 Å². The smallest absolute Gasteiger partial charge is 0.333 e. The van der Waals surface area contributed by atoms with E-state index in [1.807, 2.05) is 37.2 Å². The molecule has 0 bridgehead atoms. The van der Waals surface area contributed by atoms with Gasteiger partial charge in [0.2, 0.25) is 0 Å². The van der Waals surface area contributed by atoms with Gasteiger partial charge in [-0.2, -0.15) is 0 Å². The van der Waals surface area contributed by atoms with Crippen molar-refractivity contribution in [1.82, 2.24) is 0 Å². The van der Waals surface area contributed by atoms with Gasteiger partial charge in [-0.25, -0.2) is 9.59 Å². The number of rotatable bonds is 6. The zero-order valence-corrected chi connectivity index (χ0v) is 17.7. The molecule has 1 aliphatic carbocycles. The average molecular weight is 419 g/mol. The van der Waals surface area contributed by atoms with E-state index < -0.39 is 23.3 Å². The molecule has 1 aromatic carbocycles.